The minimum absolute atomic E-state index is 0.392. The maximum absolute atomic E-state index is 6.05. The van der Waals surface area contributed by atoms with Crippen LogP contribution in [0.25, 0.3) is 0 Å². The van der Waals surface area contributed by atoms with Crippen LogP contribution >= 0.6 is 11.3 Å². The Bertz CT molecular complexity index is 474. The molecule has 0 radical (unpaired) electrons. The molecular formula is C17H29N3OS. The Kier molecular flexibility index (Phi) is 5.50. The highest BCUT2D eigenvalue weighted by Crippen LogP contribution is 2.26. The van der Waals surface area contributed by atoms with Crippen molar-refractivity contribution in [1.29, 1.82) is 0 Å². The van der Waals surface area contributed by atoms with E-state index in [0.29, 0.717) is 12.1 Å². The Labute approximate surface area is 138 Å². The summed E-state index contributed by atoms with van der Waals surface area (Å²) >= 11 is 1.75. The van der Waals surface area contributed by atoms with E-state index in [1.54, 1.807) is 11.3 Å². The number of thiazole rings is 1. The molecule has 2 saturated heterocycles. The molecule has 0 bridgehead atoms. The molecule has 1 aromatic heterocycles. The predicted molar refractivity (Wildman–Crippen MR) is 91.3 cm³/mol. The summed E-state index contributed by atoms with van der Waals surface area (Å²) in [4.78, 5) is 9.85. The number of fused-ring (bicyclic) bond motifs is 1. The largest absolute Gasteiger partial charge is 0.374 e. The number of hydrogen-bond donors (Lipinski definition) is 0. The Hall–Kier alpha value is -0.490. The quantitative estimate of drug-likeness (QED) is 0.805. The summed E-state index contributed by atoms with van der Waals surface area (Å²) < 4.78 is 6.05. The summed E-state index contributed by atoms with van der Waals surface area (Å²) in [5.41, 5.74) is 1.22. The zero-order chi connectivity index (χ0) is 15.5. The lowest BCUT2D eigenvalue weighted by Gasteiger charge is -2.36. The number of morpholine rings is 1. The molecular weight excluding hydrogens is 294 g/mol. The third-order valence-corrected chi connectivity index (χ3v) is 6.02. The van der Waals surface area contributed by atoms with Gasteiger partial charge in [0, 0.05) is 38.1 Å². The van der Waals surface area contributed by atoms with E-state index in [4.69, 9.17) is 4.74 Å². The average molecular weight is 324 g/mol. The van der Waals surface area contributed by atoms with E-state index in [1.807, 2.05) is 0 Å². The van der Waals surface area contributed by atoms with Crippen LogP contribution < -0.4 is 0 Å². The highest BCUT2D eigenvalue weighted by atomic mass is 32.1. The summed E-state index contributed by atoms with van der Waals surface area (Å²) in [6.07, 6.45) is 2.96. The van der Waals surface area contributed by atoms with Crippen molar-refractivity contribution in [2.24, 2.45) is 5.92 Å². The van der Waals surface area contributed by atoms with Crippen molar-refractivity contribution in [3.63, 3.8) is 0 Å². The standard InChI is InChI=1S/C17H29N3OS/c1-4-14(5-2)8-19-10-16-17(11-19)21-7-6-20(16)9-15-12-22-13(3)18-15/h12,14,16-17H,4-11H2,1-3H3/t16-,17+/m1/s1. The van der Waals surface area contributed by atoms with Gasteiger partial charge in [0.05, 0.1) is 29.5 Å². The number of aryl methyl sites for hydroxylation is 1. The summed E-state index contributed by atoms with van der Waals surface area (Å²) in [6, 6.07) is 0.546. The number of likely N-dealkylation sites (tertiary alicyclic amines) is 1. The van der Waals surface area contributed by atoms with Crippen LogP contribution in [0.5, 0.6) is 0 Å². The van der Waals surface area contributed by atoms with E-state index in [9.17, 15) is 0 Å². The van der Waals surface area contributed by atoms with Gasteiger partial charge in [-0.05, 0) is 12.8 Å². The van der Waals surface area contributed by atoms with E-state index >= 15 is 0 Å². The first-order valence-corrected chi connectivity index (χ1v) is 9.56. The molecule has 0 aromatic carbocycles. The van der Waals surface area contributed by atoms with Crippen LogP contribution in [0.2, 0.25) is 0 Å². The number of rotatable bonds is 6. The van der Waals surface area contributed by atoms with Gasteiger partial charge >= 0.3 is 0 Å². The maximum Gasteiger partial charge on any atom is 0.0897 e. The molecule has 4 nitrogen and oxygen atoms in total. The van der Waals surface area contributed by atoms with Crippen LogP contribution in [0.15, 0.2) is 5.38 Å². The molecule has 0 amide bonds. The molecule has 2 fully saturated rings. The molecule has 2 aliphatic rings. The Morgan fingerprint density at radius 3 is 2.86 bits per heavy atom. The topological polar surface area (TPSA) is 28.6 Å². The number of hydrogen-bond acceptors (Lipinski definition) is 5. The van der Waals surface area contributed by atoms with Gasteiger partial charge in [-0.25, -0.2) is 4.98 Å². The first-order valence-electron chi connectivity index (χ1n) is 8.68. The second-order valence-corrected chi connectivity index (χ2v) is 7.77. The van der Waals surface area contributed by atoms with Gasteiger partial charge in [-0.2, -0.15) is 0 Å². The zero-order valence-electron chi connectivity index (χ0n) is 14.1. The van der Waals surface area contributed by atoms with E-state index in [1.165, 1.54) is 30.1 Å². The van der Waals surface area contributed by atoms with Crippen molar-refractivity contribution in [3.05, 3.63) is 16.1 Å². The molecule has 0 aliphatic carbocycles. The van der Waals surface area contributed by atoms with Gasteiger partial charge in [-0.1, -0.05) is 26.7 Å². The van der Waals surface area contributed by atoms with E-state index in [-0.39, 0.29) is 0 Å². The lowest BCUT2D eigenvalue weighted by atomic mass is 10.0. The SMILES string of the molecule is CCC(CC)CN1C[C@@H]2OCCN(Cc3csc(C)n3)[C@@H]2C1. The van der Waals surface area contributed by atoms with Crippen molar-refractivity contribution in [2.45, 2.75) is 52.3 Å². The van der Waals surface area contributed by atoms with Gasteiger partial charge < -0.3 is 4.74 Å². The normalized spacial score (nSPS) is 26.7. The summed E-state index contributed by atoms with van der Waals surface area (Å²) in [7, 11) is 0. The molecule has 0 saturated carbocycles. The van der Waals surface area contributed by atoms with E-state index in [2.05, 4.69) is 40.9 Å². The minimum atomic E-state index is 0.392. The molecule has 5 heteroatoms. The number of aromatic nitrogens is 1. The van der Waals surface area contributed by atoms with Crippen LogP contribution in [0.3, 0.4) is 0 Å². The first kappa shape index (κ1) is 16.4. The molecule has 3 rings (SSSR count). The Balaban J connectivity index is 1.60. The van der Waals surface area contributed by atoms with Crippen LogP contribution in [-0.4, -0.2) is 59.7 Å². The van der Waals surface area contributed by atoms with Gasteiger partial charge in [-0.15, -0.1) is 11.3 Å². The molecule has 0 N–H and O–H groups in total. The fraction of sp³-hybridized carbons (Fsp3) is 0.824. The Morgan fingerprint density at radius 2 is 2.18 bits per heavy atom. The molecule has 0 spiro atoms. The second-order valence-electron chi connectivity index (χ2n) is 6.71. The van der Waals surface area contributed by atoms with Gasteiger partial charge in [0.25, 0.3) is 0 Å². The van der Waals surface area contributed by atoms with Crippen molar-refractivity contribution >= 4 is 11.3 Å². The van der Waals surface area contributed by atoms with Gasteiger partial charge in [-0.3, -0.25) is 9.80 Å². The molecule has 2 aliphatic heterocycles. The van der Waals surface area contributed by atoms with Crippen molar-refractivity contribution in [1.82, 2.24) is 14.8 Å². The van der Waals surface area contributed by atoms with Gasteiger partial charge in [0.1, 0.15) is 0 Å². The number of ether oxygens (including phenoxy) is 1. The lowest BCUT2D eigenvalue weighted by molar-refractivity contribution is -0.0508. The first-order chi connectivity index (χ1) is 10.7. The summed E-state index contributed by atoms with van der Waals surface area (Å²) in [6.45, 7) is 13.1. The fourth-order valence-corrected chi connectivity index (χ4v) is 4.38. The predicted octanol–water partition coefficient (Wildman–Crippen LogP) is 2.77. The van der Waals surface area contributed by atoms with Crippen molar-refractivity contribution in [2.75, 3.05) is 32.8 Å². The van der Waals surface area contributed by atoms with Crippen LogP contribution in [0.1, 0.15) is 37.4 Å². The third-order valence-electron chi connectivity index (χ3n) is 5.19. The maximum atomic E-state index is 6.05. The van der Waals surface area contributed by atoms with Crippen molar-refractivity contribution < 1.29 is 4.74 Å². The van der Waals surface area contributed by atoms with Crippen LogP contribution in [-0.2, 0) is 11.3 Å². The van der Waals surface area contributed by atoms with Crippen molar-refractivity contribution in [3.8, 4) is 0 Å². The zero-order valence-corrected chi connectivity index (χ0v) is 14.9. The van der Waals surface area contributed by atoms with Gasteiger partial charge in [0.15, 0.2) is 0 Å². The lowest BCUT2D eigenvalue weighted by Crippen LogP contribution is -2.50. The average Bonchev–Trinajstić information content (AvgIpc) is 3.11. The molecule has 2 atom stereocenters. The minimum Gasteiger partial charge on any atom is -0.374 e. The Morgan fingerprint density at radius 1 is 1.36 bits per heavy atom. The van der Waals surface area contributed by atoms with Crippen LogP contribution in [0.4, 0.5) is 0 Å². The van der Waals surface area contributed by atoms with E-state index in [0.717, 1.165) is 38.7 Å². The molecule has 124 valence electrons. The molecule has 22 heavy (non-hydrogen) atoms. The molecule has 1 aromatic rings. The summed E-state index contributed by atoms with van der Waals surface area (Å²) in [5, 5.41) is 3.37. The highest BCUT2D eigenvalue weighted by molar-refractivity contribution is 7.09. The highest BCUT2D eigenvalue weighted by Gasteiger charge is 2.40. The molecule has 0 unspecified atom stereocenters. The second kappa shape index (κ2) is 7.39. The number of nitrogens with zero attached hydrogens (tertiary/aromatic N) is 3. The monoisotopic (exact) mass is 323 g/mol. The third kappa shape index (κ3) is 3.70. The molecule has 3 heterocycles. The fourth-order valence-electron chi connectivity index (χ4n) is 3.78. The smallest absolute Gasteiger partial charge is 0.0897 e. The summed E-state index contributed by atoms with van der Waals surface area (Å²) in [5.74, 6) is 0.829. The van der Waals surface area contributed by atoms with Crippen LogP contribution in [0, 0.1) is 12.8 Å². The van der Waals surface area contributed by atoms with E-state index < -0.39 is 0 Å². The van der Waals surface area contributed by atoms with Gasteiger partial charge in [0.2, 0.25) is 0 Å².